The first kappa shape index (κ1) is 12.7. The van der Waals surface area contributed by atoms with Crippen LogP contribution in [0.1, 0.15) is 18.2 Å². The molecule has 0 saturated carbocycles. The van der Waals surface area contributed by atoms with Gasteiger partial charge in [-0.2, -0.15) is 5.10 Å². The number of nitrogens with zero attached hydrogens (tertiary/aromatic N) is 2. The molecule has 0 aliphatic heterocycles. The van der Waals surface area contributed by atoms with Crippen molar-refractivity contribution in [3.05, 3.63) is 71.9 Å². The quantitative estimate of drug-likeness (QED) is 0.683. The Morgan fingerprint density at radius 3 is 2.10 bits per heavy atom. The van der Waals surface area contributed by atoms with Gasteiger partial charge < -0.3 is 0 Å². The van der Waals surface area contributed by atoms with E-state index in [4.69, 9.17) is 5.10 Å². The maximum Gasteiger partial charge on any atom is 0.0959 e. The minimum absolute atomic E-state index is 0.973. The van der Waals surface area contributed by atoms with Crippen LogP contribution < -0.4 is 0 Å². The summed E-state index contributed by atoms with van der Waals surface area (Å²) in [5, 5.41) is 4.84. The molecule has 0 saturated heterocycles. The second kappa shape index (κ2) is 5.33. The maximum atomic E-state index is 4.84. The van der Waals surface area contributed by atoms with E-state index in [9.17, 15) is 0 Å². The lowest BCUT2D eigenvalue weighted by atomic mass is 10.1. The van der Waals surface area contributed by atoms with Crippen LogP contribution in [-0.4, -0.2) is 9.78 Å². The number of aromatic nitrogens is 2. The summed E-state index contributed by atoms with van der Waals surface area (Å²) in [6.45, 7) is 4.34. The molecule has 100 valence electrons. The summed E-state index contributed by atoms with van der Waals surface area (Å²) in [5.41, 5.74) is 5.91. The summed E-state index contributed by atoms with van der Waals surface area (Å²) in [6, 6.07) is 20.7. The summed E-state index contributed by atoms with van der Waals surface area (Å²) in [4.78, 5) is 0. The molecule has 0 radical (unpaired) electrons. The molecule has 1 heterocycles. The van der Waals surface area contributed by atoms with Crippen LogP contribution in [0.4, 0.5) is 0 Å². The Morgan fingerprint density at radius 1 is 0.900 bits per heavy atom. The highest BCUT2D eigenvalue weighted by Crippen LogP contribution is 2.26. The zero-order chi connectivity index (χ0) is 13.9. The number of rotatable bonds is 3. The van der Waals surface area contributed by atoms with E-state index in [1.165, 1.54) is 16.8 Å². The molecule has 0 fully saturated rings. The molecule has 0 atom stereocenters. The highest BCUT2D eigenvalue weighted by molar-refractivity contribution is 5.64. The topological polar surface area (TPSA) is 17.8 Å². The Hall–Kier alpha value is -2.35. The Kier molecular flexibility index (Phi) is 3.38. The fourth-order valence-electron chi connectivity index (χ4n) is 2.60. The summed E-state index contributed by atoms with van der Waals surface area (Å²) in [6.07, 6.45) is 0.973. The van der Waals surface area contributed by atoms with Gasteiger partial charge in [-0.3, -0.25) is 0 Å². The van der Waals surface area contributed by atoms with Crippen molar-refractivity contribution in [3.63, 3.8) is 0 Å². The molecule has 2 nitrogen and oxygen atoms in total. The molecule has 3 aromatic rings. The van der Waals surface area contributed by atoms with Crippen molar-refractivity contribution in [2.45, 2.75) is 20.3 Å². The lowest BCUT2D eigenvalue weighted by Crippen LogP contribution is -2.01. The molecular weight excluding hydrogens is 244 g/mol. The van der Waals surface area contributed by atoms with Gasteiger partial charge in [0, 0.05) is 11.3 Å². The fourth-order valence-corrected chi connectivity index (χ4v) is 2.60. The zero-order valence-electron chi connectivity index (χ0n) is 11.9. The minimum atomic E-state index is 0.973. The van der Waals surface area contributed by atoms with E-state index in [2.05, 4.69) is 54.9 Å². The second-order valence-corrected chi connectivity index (χ2v) is 4.89. The molecule has 20 heavy (non-hydrogen) atoms. The minimum Gasteiger partial charge on any atom is -0.237 e. The molecule has 2 aromatic carbocycles. The SMILES string of the molecule is CCc1c(C)c(-c2ccccc2)nn1-c1ccccc1. The van der Waals surface area contributed by atoms with Crippen molar-refractivity contribution < 1.29 is 0 Å². The van der Waals surface area contributed by atoms with E-state index in [1.807, 2.05) is 24.3 Å². The van der Waals surface area contributed by atoms with E-state index < -0.39 is 0 Å². The van der Waals surface area contributed by atoms with Crippen molar-refractivity contribution in [1.82, 2.24) is 9.78 Å². The van der Waals surface area contributed by atoms with Crippen molar-refractivity contribution in [2.24, 2.45) is 0 Å². The normalized spacial score (nSPS) is 10.7. The highest BCUT2D eigenvalue weighted by atomic mass is 15.3. The third kappa shape index (κ3) is 2.14. The van der Waals surface area contributed by atoms with E-state index >= 15 is 0 Å². The Balaban J connectivity index is 2.18. The van der Waals surface area contributed by atoms with Crippen molar-refractivity contribution in [1.29, 1.82) is 0 Å². The van der Waals surface area contributed by atoms with Gasteiger partial charge in [0.15, 0.2) is 0 Å². The summed E-state index contributed by atoms with van der Waals surface area (Å²) in [7, 11) is 0. The van der Waals surface area contributed by atoms with Crippen LogP contribution in [0.15, 0.2) is 60.7 Å². The third-order valence-corrected chi connectivity index (χ3v) is 3.63. The van der Waals surface area contributed by atoms with Gasteiger partial charge in [-0.15, -0.1) is 0 Å². The van der Waals surface area contributed by atoms with Gasteiger partial charge in [0.1, 0.15) is 0 Å². The molecule has 0 aliphatic carbocycles. The Labute approximate surface area is 119 Å². The van der Waals surface area contributed by atoms with Gasteiger partial charge in [0.05, 0.1) is 11.4 Å². The fraction of sp³-hybridized carbons (Fsp3) is 0.167. The van der Waals surface area contributed by atoms with Crippen LogP contribution in [0.2, 0.25) is 0 Å². The predicted octanol–water partition coefficient (Wildman–Crippen LogP) is 4.41. The van der Waals surface area contributed by atoms with Crippen LogP contribution in [0, 0.1) is 6.92 Å². The van der Waals surface area contributed by atoms with Gasteiger partial charge in [0.25, 0.3) is 0 Å². The van der Waals surface area contributed by atoms with Crippen molar-refractivity contribution >= 4 is 0 Å². The van der Waals surface area contributed by atoms with Gasteiger partial charge in [-0.25, -0.2) is 4.68 Å². The summed E-state index contributed by atoms with van der Waals surface area (Å²) >= 11 is 0. The smallest absolute Gasteiger partial charge is 0.0959 e. The largest absolute Gasteiger partial charge is 0.237 e. The van der Waals surface area contributed by atoms with Crippen molar-refractivity contribution in [3.8, 4) is 16.9 Å². The van der Waals surface area contributed by atoms with Gasteiger partial charge in [-0.05, 0) is 31.0 Å². The van der Waals surface area contributed by atoms with Crippen LogP contribution in [0.25, 0.3) is 16.9 Å². The third-order valence-electron chi connectivity index (χ3n) is 3.63. The Bertz CT molecular complexity index is 697. The number of hydrogen-bond donors (Lipinski definition) is 0. The predicted molar refractivity (Wildman–Crippen MR) is 83.1 cm³/mol. The molecule has 0 spiro atoms. The van der Waals surface area contributed by atoms with E-state index in [0.717, 1.165) is 17.8 Å². The second-order valence-electron chi connectivity index (χ2n) is 4.89. The molecular formula is C18H18N2. The van der Waals surface area contributed by atoms with Crippen LogP contribution in [0.5, 0.6) is 0 Å². The van der Waals surface area contributed by atoms with Crippen LogP contribution in [-0.2, 0) is 6.42 Å². The van der Waals surface area contributed by atoms with Gasteiger partial charge in [-0.1, -0.05) is 55.5 Å². The number of benzene rings is 2. The first-order valence-corrected chi connectivity index (χ1v) is 7.00. The molecule has 0 bridgehead atoms. The Morgan fingerprint density at radius 2 is 1.50 bits per heavy atom. The lowest BCUT2D eigenvalue weighted by molar-refractivity contribution is 0.813. The number of hydrogen-bond acceptors (Lipinski definition) is 1. The first-order valence-electron chi connectivity index (χ1n) is 7.00. The van der Waals surface area contributed by atoms with E-state index in [0.29, 0.717) is 0 Å². The van der Waals surface area contributed by atoms with E-state index in [1.54, 1.807) is 0 Å². The van der Waals surface area contributed by atoms with Crippen LogP contribution >= 0.6 is 0 Å². The van der Waals surface area contributed by atoms with E-state index in [-0.39, 0.29) is 0 Å². The molecule has 1 aromatic heterocycles. The standard InChI is InChI=1S/C18H18N2/c1-3-17-14(2)18(15-10-6-4-7-11-15)19-20(17)16-12-8-5-9-13-16/h4-13H,3H2,1-2H3. The van der Waals surface area contributed by atoms with Crippen molar-refractivity contribution in [2.75, 3.05) is 0 Å². The monoisotopic (exact) mass is 262 g/mol. The molecule has 0 unspecified atom stereocenters. The highest BCUT2D eigenvalue weighted by Gasteiger charge is 2.15. The average Bonchev–Trinajstić information content (AvgIpc) is 2.86. The molecule has 0 aliphatic rings. The zero-order valence-corrected chi connectivity index (χ0v) is 11.9. The molecule has 2 heteroatoms. The van der Waals surface area contributed by atoms with Gasteiger partial charge >= 0.3 is 0 Å². The van der Waals surface area contributed by atoms with Gasteiger partial charge in [0.2, 0.25) is 0 Å². The van der Waals surface area contributed by atoms with Crippen LogP contribution in [0.3, 0.4) is 0 Å². The summed E-state index contributed by atoms with van der Waals surface area (Å²) in [5.74, 6) is 0. The average molecular weight is 262 g/mol. The molecule has 0 N–H and O–H groups in total. The maximum absolute atomic E-state index is 4.84. The first-order chi connectivity index (χ1) is 9.81. The number of para-hydroxylation sites is 1. The molecule has 3 rings (SSSR count). The molecule has 0 amide bonds. The lowest BCUT2D eigenvalue weighted by Gasteiger charge is -2.05. The summed E-state index contributed by atoms with van der Waals surface area (Å²) < 4.78 is 2.07.